The number of ether oxygens (including phenoxy) is 1. The number of esters is 1. The smallest absolute Gasteiger partial charge is 0.305 e. The van der Waals surface area contributed by atoms with Gasteiger partial charge in [-0.1, -0.05) is 18.6 Å². The van der Waals surface area contributed by atoms with Crippen molar-refractivity contribution >= 4 is 23.2 Å². The molecule has 0 saturated heterocycles. The summed E-state index contributed by atoms with van der Waals surface area (Å²) in [7, 11) is 0. The van der Waals surface area contributed by atoms with Gasteiger partial charge in [-0.3, -0.25) is 9.69 Å². The van der Waals surface area contributed by atoms with Crippen molar-refractivity contribution < 1.29 is 9.53 Å². The first-order valence-corrected chi connectivity index (χ1v) is 7.06. The van der Waals surface area contributed by atoms with Crippen LogP contribution in [0.3, 0.4) is 0 Å². The Kier molecular flexibility index (Phi) is 9.87. The highest BCUT2D eigenvalue weighted by Crippen LogP contribution is 2.05. The van der Waals surface area contributed by atoms with Crippen LogP contribution in [0.25, 0.3) is 0 Å². The molecule has 5 heteroatoms. The quantitative estimate of drug-likeness (QED) is 0.376. The molecular formula is C13H26N2O2S. The standard InChI is InChI=1S/C13H26N2O2S/c1-4-17-13(16)8-6-5-7-9-15(11(2)3)10-12(14)18/h11H,4-10H2,1-3H3,(H2,14,18). The van der Waals surface area contributed by atoms with E-state index >= 15 is 0 Å². The van der Waals surface area contributed by atoms with Gasteiger partial charge in [-0.25, -0.2) is 0 Å². The number of nitrogens with two attached hydrogens (primary N) is 1. The lowest BCUT2D eigenvalue weighted by Gasteiger charge is -2.25. The molecule has 0 aliphatic heterocycles. The van der Waals surface area contributed by atoms with Crippen molar-refractivity contribution in [3.8, 4) is 0 Å². The van der Waals surface area contributed by atoms with Crippen LogP contribution in [0.4, 0.5) is 0 Å². The second kappa shape index (κ2) is 10.3. The van der Waals surface area contributed by atoms with Gasteiger partial charge >= 0.3 is 5.97 Å². The van der Waals surface area contributed by atoms with Crippen LogP contribution in [0.5, 0.6) is 0 Å². The highest BCUT2D eigenvalue weighted by Gasteiger charge is 2.10. The summed E-state index contributed by atoms with van der Waals surface area (Å²) in [6, 6.07) is 0.441. The molecule has 0 aliphatic rings. The van der Waals surface area contributed by atoms with Crippen LogP contribution in [0, 0.1) is 0 Å². The van der Waals surface area contributed by atoms with Gasteiger partial charge in [0.1, 0.15) is 0 Å². The average Bonchev–Trinajstić information content (AvgIpc) is 2.26. The van der Waals surface area contributed by atoms with Gasteiger partial charge in [-0.15, -0.1) is 0 Å². The second-order valence-corrected chi connectivity index (χ2v) is 5.17. The van der Waals surface area contributed by atoms with Crippen molar-refractivity contribution in [2.24, 2.45) is 5.73 Å². The summed E-state index contributed by atoms with van der Waals surface area (Å²) in [6.07, 6.45) is 3.49. The number of hydrogen-bond acceptors (Lipinski definition) is 4. The molecule has 0 aromatic heterocycles. The third-order valence-corrected chi connectivity index (χ3v) is 2.85. The van der Waals surface area contributed by atoms with Crippen molar-refractivity contribution in [1.82, 2.24) is 4.90 Å². The third kappa shape index (κ3) is 9.36. The molecule has 0 aliphatic carbocycles. The highest BCUT2D eigenvalue weighted by atomic mass is 32.1. The number of unbranched alkanes of at least 4 members (excludes halogenated alkanes) is 2. The van der Waals surface area contributed by atoms with Crippen LogP contribution in [-0.2, 0) is 9.53 Å². The summed E-state index contributed by atoms with van der Waals surface area (Å²) < 4.78 is 4.88. The molecule has 0 fully saturated rings. The first-order valence-electron chi connectivity index (χ1n) is 6.65. The van der Waals surface area contributed by atoms with Crippen LogP contribution in [-0.4, -0.2) is 41.6 Å². The third-order valence-electron chi connectivity index (χ3n) is 2.72. The minimum Gasteiger partial charge on any atom is -0.466 e. The van der Waals surface area contributed by atoms with E-state index in [9.17, 15) is 4.79 Å². The van der Waals surface area contributed by atoms with Crippen molar-refractivity contribution in [3.05, 3.63) is 0 Å². The Bertz CT molecular complexity index is 257. The number of rotatable bonds is 10. The topological polar surface area (TPSA) is 55.6 Å². The molecule has 0 unspecified atom stereocenters. The number of nitrogens with zero attached hydrogens (tertiary/aromatic N) is 1. The Hall–Kier alpha value is -0.680. The van der Waals surface area contributed by atoms with E-state index < -0.39 is 0 Å². The van der Waals surface area contributed by atoms with Crippen molar-refractivity contribution in [1.29, 1.82) is 0 Å². The Morgan fingerprint density at radius 2 is 2.00 bits per heavy atom. The predicted octanol–water partition coefficient (Wildman–Crippen LogP) is 2.11. The fourth-order valence-corrected chi connectivity index (χ4v) is 1.88. The Morgan fingerprint density at radius 3 is 2.50 bits per heavy atom. The molecule has 0 atom stereocenters. The van der Waals surface area contributed by atoms with Gasteiger partial charge in [-0.05, 0) is 40.2 Å². The molecule has 2 N–H and O–H groups in total. The van der Waals surface area contributed by atoms with Crippen LogP contribution in [0.1, 0.15) is 46.5 Å². The Balaban J connectivity index is 3.67. The lowest BCUT2D eigenvalue weighted by atomic mass is 10.1. The summed E-state index contributed by atoms with van der Waals surface area (Å²) in [5.41, 5.74) is 5.56. The van der Waals surface area contributed by atoms with Crippen LogP contribution >= 0.6 is 12.2 Å². The van der Waals surface area contributed by atoms with Gasteiger partial charge in [0.05, 0.1) is 11.6 Å². The first-order chi connectivity index (χ1) is 8.47. The van der Waals surface area contributed by atoms with Crippen molar-refractivity contribution in [2.45, 2.75) is 52.5 Å². The predicted molar refractivity (Wildman–Crippen MR) is 78.6 cm³/mol. The zero-order valence-electron chi connectivity index (χ0n) is 11.8. The lowest BCUT2D eigenvalue weighted by molar-refractivity contribution is -0.143. The van der Waals surface area contributed by atoms with E-state index in [1.807, 2.05) is 6.92 Å². The molecule has 0 radical (unpaired) electrons. The normalized spacial score (nSPS) is 10.9. The zero-order valence-corrected chi connectivity index (χ0v) is 12.6. The largest absolute Gasteiger partial charge is 0.466 e. The van der Waals surface area contributed by atoms with E-state index in [-0.39, 0.29) is 5.97 Å². The SMILES string of the molecule is CCOC(=O)CCCCCN(CC(N)=S)C(C)C. The molecular weight excluding hydrogens is 248 g/mol. The molecule has 18 heavy (non-hydrogen) atoms. The fraction of sp³-hybridized carbons (Fsp3) is 0.846. The number of carbonyl (C=O) groups excluding carboxylic acids is 1. The molecule has 106 valence electrons. The van der Waals surface area contributed by atoms with Crippen LogP contribution in [0.2, 0.25) is 0 Å². The molecule has 0 heterocycles. The van der Waals surface area contributed by atoms with Gasteiger partial charge in [0.15, 0.2) is 0 Å². The van der Waals surface area contributed by atoms with Gasteiger partial charge in [0, 0.05) is 19.0 Å². The van der Waals surface area contributed by atoms with Crippen LogP contribution < -0.4 is 5.73 Å². The summed E-state index contributed by atoms with van der Waals surface area (Å²) >= 11 is 4.93. The van der Waals surface area contributed by atoms with Gasteiger partial charge in [0.2, 0.25) is 0 Å². The maximum atomic E-state index is 11.1. The monoisotopic (exact) mass is 274 g/mol. The molecule has 0 spiro atoms. The lowest BCUT2D eigenvalue weighted by Crippen LogP contribution is -2.38. The number of hydrogen-bond donors (Lipinski definition) is 1. The van der Waals surface area contributed by atoms with E-state index in [1.54, 1.807) is 0 Å². The van der Waals surface area contributed by atoms with Crippen LogP contribution in [0.15, 0.2) is 0 Å². The van der Waals surface area contributed by atoms with Gasteiger partial charge in [-0.2, -0.15) is 0 Å². The average molecular weight is 274 g/mol. The molecule has 4 nitrogen and oxygen atoms in total. The number of carbonyl (C=O) groups is 1. The van der Waals surface area contributed by atoms with E-state index in [1.165, 1.54) is 0 Å². The van der Waals surface area contributed by atoms with Gasteiger partial charge < -0.3 is 10.5 Å². The van der Waals surface area contributed by atoms with Crippen molar-refractivity contribution in [2.75, 3.05) is 19.7 Å². The van der Waals surface area contributed by atoms with E-state index in [0.717, 1.165) is 25.8 Å². The Morgan fingerprint density at radius 1 is 1.33 bits per heavy atom. The molecule has 0 rings (SSSR count). The molecule has 0 aromatic carbocycles. The summed E-state index contributed by atoms with van der Waals surface area (Å²) in [6.45, 7) is 8.21. The van der Waals surface area contributed by atoms with Gasteiger partial charge in [0.25, 0.3) is 0 Å². The van der Waals surface area contributed by atoms with E-state index in [4.69, 9.17) is 22.7 Å². The second-order valence-electron chi connectivity index (χ2n) is 4.65. The van der Waals surface area contributed by atoms with Crippen molar-refractivity contribution in [3.63, 3.8) is 0 Å². The van der Waals surface area contributed by atoms with E-state index in [2.05, 4.69) is 18.7 Å². The minimum absolute atomic E-state index is 0.0960. The molecule has 0 amide bonds. The first kappa shape index (κ1) is 17.3. The maximum Gasteiger partial charge on any atom is 0.305 e. The molecule has 0 saturated carbocycles. The number of thiocarbonyl (C=S) groups is 1. The minimum atomic E-state index is -0.0960. The zero-order chi connectivity index (χ0) is 14.0. The molecule has 0 bridgehead atoms. The highest BCUT2D eigenvalue weighted by molar-refractivity contribution is 7.80. The summed E-state index contributed by atoms with van der Waals surface area (Å²) in [5, 5.41) is 0. The van der Waals surface area contributed by atoms with E-state index in [0.29, 0.717) is 30.6 Å². The maximum absolute atomic E-state index is 11.1. The summed E-state index contributed by atoms with van der Waals surface area (Å²) in [4.78, 5) is 13.9. The molecule has 0 aromatic rings. The Labute approximate surface area is 116 Å². The fourth-order valence-electron chi connectivity index (χ4n) is 1.71. The summed E-state index contributed by atoms with van der Waals surface area (Å²) in [5.74, 6) is -0.0960.